The third-order valence-electron chi connectivity index (χ3n) is 6.00. The van der Waals surface area contributed by atoms with Crippen LogP contribution < -0.4 is 4.90 Å². The van der Waals surface area contributed by atoms with Gasteiger partial charge in [0.2, 0.25) is 0 Å². The molecule has 1 aliphatic heterocycles. The second-order valence-electron chi connectivity index (χ2n) is 8.17. The number of hydrogen-bond acceptors (Lipinski definition) is 3. The van der Waals surface area contributed by atoms with Gasteiger partial charge in [-0.05, 0) is 48.2 Å². The van der Waals surface area contributed by atoms with E-state index in [2.05, 4.69) is 0 Å². The maximum absolute atomic E-state index is 13.5. The monoisotopic (exact) mass is 448 g/mol. The SMILES string of the molecule is CN(C)c1ccccc1-c1ccc(C(=O)N2[C@@H](c3ccccc3Cl)CC[C@H]2C(=O)O)cc1. The fourth-order valence-electron chi connectivity index (χ4n) is 4.44. The Labute approximate surface area is 192 Å². The molecule has 1 fully saturated rings. The first kappa shape index (κ1) is 21.9. The van der Waals surface area contributed by atoms with Crippen LogP contribution in [0, 0.1) is 0 Å². The van der Waals surface area contributed by atoms with Gasteiger partial charge in [0.15, 0.2) is 0 Å². The Hall–Kier alpha value is -3.31. The average Bonchev–Trinajstić information content (AvgIpc) is 3.24. The summed E-state index contributed by atoms with van der Waals surface area (Å²) in [5, 5.41) is 10.3. The van der Waals surface area contributed by atoms with Crippen molar-refractivity contribution in [2.24, 2.45) is 0 Å². The molecule has 4 rings (SSSR count). The number of amides is 1. The molecular weight excluding hydrogens is 424 g/mol. The number of carbonyl (C=O) groups excluding carboxylic acids is 1. The molecule has 5 nitrogen and oxygen atoms in total. The number of nitrogens with zero attached hydrogens (tertiary/aromatic N) is 2. The van der Waals surface area contributed by atoms with Gasteiger partial charge in [-0.25, -0.2) is 4.79 Å². The molecule has 1 amide bonds. The van der Waals surface area contributed by atoms with Crippen molar-refractivity contribution < 1.29 is 14.7 Å². The first-order chi connectivity index (χ1) is 15.4. The Balaban J connectivity index is 1.67. The molecule has 32 heavy (non-hydrogen) atoms. The molecule has 3 aromatic carbocycles. The normalized spacial score (nSPS) is 17.9. The highest BCUT2D eigenvalue weighted by molar-refractivity contribution is 6.31. The Morgan fingerprint density at radius 3 is 2.25 bits per heavy atom. The number of benzene rings is 3. The largest absolute Gasteiger partial charge is 0.480 e. The summed E-state index contributed by atoms with van der Waals surface area (Å²) in [7, 11) is 3.98. The Morgan fingerprint density at radius 2 is 1.59 bits per heavy atom. The van der Waals surface area contributed by atoms with Crippen LogP contribution in [0.2, 0.25) is 5.02 Å². The summed E-state index contributed by atoms with van der Waals surface area (Å²) in [6, 6.07) is 21.5. The molecule has 0 aromatic heterocycles. The van der Waals surface area contributed by atoms with Crippen LogP contribution in [-0.2, 0) is 4.79 Å². The topological polar surface area (TPSA) is 60.9 Å². The van der Waals surface area contributed by atoms with E-state index in [1.54, 1.807) is 18.2 Å². The van der Waals surface area contributed by atoms with Gasteiger partial charge in [-0.3, -0.25) is 4.79 Å². The minimum atomic E-state index is -0.996. The molecule has 1 aliphatic rings. The van der Waals surface area contributed by atoms with Gasteiger partial charge in [0.25, 0.3) is 5.91 Å². The summed E-state index contributed by atoms with van der Waals surface area (Å²) >= 11 is 6.39. The zero-order chi connectivity index (χ0) is 22.8. The lowest BCUT2D eigenvalue weighted by Crippen LogP contribution is -2.41. The van der Waals surface area contributed by atoms with Crippen molar-refractivity contribution in [1.29, 1.82) is 0 Å². The maximum atomic E-state index is 13.5. The molecule has 0 spiro atoms. The second-order valence-corrected chi connectivity index (χ2v) is 8.58. The zero-order valence-electron chi connectivity index (χ0n) is 18.0. The van der Waals surface area contributed by atoms with Crippen LogP contribution in [0.15, 0.2) is 72.8 Å². The third-order valence-corrected chi connectivity index (χ3v) is 6.34. The Morgan fingerprint density at radius 1 is 0.938 bits per heavy atom. The van der Waals surface area contributed by atoms with Gasteiger partial charge in [-0.1, -0.05) is 60.1 Å². The molecule has 0 unspecified atom stereocenters. The molecule has 0 aliphatic carbocycles. The van der Waals surface area contributed by atoms with Crippen molar-refractivity contribution in [2.75, 3.05) is 19.0 Å². The molecule has 2 atom stereocenters. The van der Waals surface area contributed by atoms with E-state index in [-0.39, 0.29) is 11.9 Å². The predicted octanol–water partition coefficient (Wildman–Crippen LogP) is 5.50. The summed E-state index contributed by atoms with van der Waals surface area (Å²) in [4.78, 5) is 28.9. The standard InChI is InChI=1S/C26H25ClN2O3/c1-28(2)22-10-6-4-7-19(22)17-11-13-18(14-12-17)25(30)29-23(15-16-24(29)26(31)32)20-8-3-5-9-21(20)27/h3-14,23-24H,15-16H2,1-2H3,(H,31,32)/t23-,24+/m1/s1. The first-order valence-corrected chi connectivity index (χ1v) is 10.9. The number of carbonyl (C=O) groups is 2. The molecule has 164 valence electrons. The minimum Gasteiger partial charge on any atom is -0.480 e. The number of likely N-dealkylation sites (tertiary alicyclic amines) is 1. The quantitative estimate of drug-likeness (QED) is 0.559. The van der Waals surface area contributed by atoms with E-state index >= 15 is 0 Å². The van der Waals surface area contributed by atoms with Crippen molar-refractivity contribution in [1.82, 2.24) is 4.90 Å². The van der Waals surface area contributed by atoms with E-state index in [1.165, 1.54) is 4.90 Å². The van der Waals surface area contributed by atoms with Crippen LogP contribution in [0.4, 0.5) is 5.69 Å². The number of anilines is 1. The van der Waals surface area contributed by atoms with E-state index in [1.807, 2.05) is 73.6 Å². The predicted molar refractivity (Wildman–Crippen MR) is 127 cm³/mol. The summed E-state index contributed by atoms with van der Waals surface area (Å²) in [6.07, 6.45) is 0.950. The molecule has 0 bridgehead atoms. The van der Waals surface area contributed by atoms with Crippen molar-refractivity contribution >= 4 is 29.2 Å². The lowest BCUT2D eigenvalue weighted by atomic mass is 10.0. The van der Waals surface area contributed by atoms with E-state index in [4.69, 9.17) is 11.6 Å². The zero-order valence-corrected chi connectivity index (χ0v) is 18.8. The summed E-state index contributed by atoms with van der Waals surface area (Å²) in [6.45, 7) is 0. The number of para-hydroxylation sites is 1. The Kier molecular flexibility index (Phi) is 6.19. The van der Waals surface area contributed by atoms with Gasteiger partial charge in [0.1, 0.15) is 6.04 Å². The maximum Gasteiger partial charge on any atom is 0.326 e. The second kappa shape index (κ2) is 9.05. The fraction of sp³-hybridized carbons (Fsp3) is 0.231. The molecular formula is C26H25ClN2O3. The lowest BCUT2D eigenvalue weighted by molar-refractivity contribution is -0.141. The average molecular weight is 449 g/mol. The third kappa shape index (κ3) is 4.08. The van der Waals surface area contributed by atoms with Gasteiger partial charge < -0.3 is 14.9 Å². The Bertz CT molecular complexity index is 1140. The number of rotatable bonds is 5. The van der Waals surface area contributed by atoms with Crippen LogP contribution >= 0.6 is 11.6 Å². The van der Waals surface area contributed by atoms with Gasteiger partial charge in [0.05, 0.1) is 6.04 Å². The number of halogens is 1. The molecule has 0 radical (unpaired) electrons. The van der Waals surface area contributed by atoms with Gasteiger partial charge in [-0.2, -0.15) is 0 Å². The van der Waals surface area contributed by atoms with Crippen molar-refractivity contribution in [2.45, 2.75) is 24.9 Å². The molecule has 1 heterocycles. The van der Waals surface area contributed by atoms with Gasteiger partial charge >= 0.3 is 5.97 Å². The van der Waals surface area contributed by atoms with E-state index in [0.29, 0.717) is 23.4 Å². The number of carboxylic acids is 1. The number of aliphatic carboxylic acids is 1. The van der Waals surface area contributed by atoms with Crippen LogP contribution in [0.3, 0.4) is 0 Å². The number of carboxylic acid groups (broad SMARTS) is 1. The smallest absolute Gasteiger partial charge is 0.326 e. The summed E-state index contributed by atoms with van der Waals surface area (Å²) in [5.74, 6) is -1.29. The van der Waals surface area contributed by atoms with E-state index in [0.717, 1.165) is 22.4 Å². The van der Waals surface area contributed by atoms with Crippen LogP contribution in [-0.4, -0.2) is 42.0 Å². The first-order valence-electron chi connectivity index (χ1n) is 10.5. The fourth-order valence-corrected chi connectivity index (χ4v) is 4.70. The lowest BCUT2D eigenvalue weighted by Gasteiger charge is -2.29. The van der Waals surface area contributed by atoms with Crippen LogP contribution in [0.5, 0.6) is 0 Å². The van der Waals surface area contributed by atoms with Crippen molar-refractivity contribution in [3.8, 4) is 11.1 Å². The summed E-state index contributed by atoms with van der Waals surface area (Å²) < 4.78 is 0. The van der Waals surface area contributed by atoms with E-state index in [9.17, 15) is 14.7 Å². The highest BCUT2D eigenvalue weighted by Gasteiger charge is 2.42. The van der Waals surface area contributed by atoms with E-state index < -0.39 is 12.0 Å². The molecule has 1 N–H and O–H groups in total. The van der Waals surface area contributed by atoms with Crippen LogP contribution in [0.25, 0.3) is 11.1 Å². The van der Waals surface area contributed by atoms with Gasteiger partial charge in [-0.15, -0.1) is 0 Å². The number of hydrogen-bond donors (Lipinski definition) is 1. The highest BCUT2D eigenvalue weighted by Crippen LogP contribution is 2.40. The minimum absolute atomic E-state index is 0.299. The van der Waals surface area contributed by atoms with Crippen molar-refractivity contribution in [3.05, 3.63) is 88.9 Å². The molecule has 6 heteroatoms. The van der Waals surface area contributed by atoms with Crippen LogP contribution in [0.1, 0.15) is 34.8 Å². The molecule has 3 aromatic rings. The summed E-state index contributed by atoms with van der Waals surface area (Å²) in [5.41, 5.74) is 4.37. The highest BCUT2D eigenvalue weighted by atomic mass is 35.5. The van der Waals surface area contributed by atoms with Gasteiger partial charge in [0, 0.05) is 35.9 Å². The van der Waals surface area contributed by atoms with Crippen molar-refractivity contribution in [3.63, 3.8) is 0 Å². The molecule has 0 saturated carbocycles. The molecule has 1 saturated heterocycles.